The predicted octanol–water partition coefficient (Wildman–Crippen LogP) is 2.29. The van der Waals surface area contributed by atoms with E-state index in [-0.39, 0.29) is 12.6 Å². The van der Waals surface area contributed by atoms with E-state index in [0.717, 1.165) is 6.20 Å². The largest absolute Gasteiger partial charge is 0.479 e. The molecule has 5 rings (SSSR count). The molecule has 0 radical (unpaired) electrons. The Morgan fingerprint density at radius 3 is 2.89 bits per heavy atom. The molecule has 13 heteroatoms. The summed E-state index contributed by atoms with van der Waals surface area (Å²) in [7, 11) is 0. The molecule has 36 heavy (non-hydrogen) atoms. The van der Waals surface area contributed by atoms with Crippen molar-refractivity contribution in [1.29, 1.82) is 5.26 Å². The maximum atomic E-state index is 13.3. The Hall–Kier alpha value is -3.79. The Morgan fingerprint density at radius 1 is 1.36 bits per heavy atom. The van der Waals surface area contributed by atoms with Crippen LogP contribution >= 0.6 is 11.6 Å². The molecule has 0 aromatic carbocycles. The minimum atomic E-state index is -0.882. The molecule has 4 aromatic rings. The Labute approximate surface area is 209 Å². The number of pyridine rings is 2. The van der Waals surface area contributed by atoms with Crippen LogP contribution in [0.1, 0.15) is 30.0 Å². The fraction of sp³-hybridized carbons (Fsp3) is 0.348. The summed E-state index contributed by atoms with van der Waals surface area (Å²) in [5.41, 5.74) is 2.70. The van der Waals surface area contributed by atoms with Gasteiger partial charge in [-0.2, -0.15) is 10.4 Å². The average Bonchev–Trinajstić information content (AvgIpc) is 3.45. The lowest BCUT2D eigenvalue weighted by Crippen LogP contribution is -2.43. The van der Waals surface area contributed by atoms with Gasteiger partial charge in [0.05, 0.1) is 54.1 Å². The standard InChI is InChI=1S/C23H22ClFN8O3/c1-13-22(29-30-33(13)18-4-5-31(12-26)10-19(18)35)14-6-20(23-16(24)8-28-32(23)9-14)36-21(11-34)17-3-2-15(25)7-27-17/h2-3,6-9,18-19,21,34-35H,4-5,10-11H2,1H3/t18-,19+,21?/m1/s1. The van der Waals surface area contributed by atoms with E-state index in [1.807, 2.05) is 6.92 Å². The zero-order valence-electron chi connectivity index (χ0n) is 19.2. The Bertz CT molecular complexity index is 1430. The lowest BCUT2D eigenvalue weighted by atomic mass is 10.0. The van der Waals surface area contributed by atoms with E-state index in [1.165, 1.54) is 27.7 Å². The molecule has 1 aliphatic rings. The maximum Gasteiger partial charge on any atom is 0.179 e. The van der Waals surface area contributed by atoms with Gasteiger partial charge in [0, 0.05) is 18.3 Å². The topological polar surface area (TPSA) is 138 Å². The summed E-state index contributed by atoms with van der Waals surface area (Å²) in [4.78, 5) is 5.53. The van der Waals surface area contributed by atoms with Gasteiger partial charge in [-0.1, -0.05) is 16.8 Å². The molecule has 11 nitrogen and oxygen atoms in total. The van der Waals surface area contributed by atoms with Crippen LogP contribution in [0.4, 0.5) is 4.39 Å². The smallest absolute Gasteiger partial charge is 0.179 e. The second-order valence-corrected chi connectivity index (χ2v) is 8.91. The minimum Gasteiger partial charge on any atom is -0.479 e. The molecule has 0 aliphatic carbocycles. The van der Waals surface area contributed by atoms with E-state index in [2.05, 4.69) is 26.6 Å². The van der Waals surface area contributed by atoms with E-state index < -0.39 is 24.6 Å². The third kappa shape index (κ3) is 4.32. The summed E-state index contributed by atoms with van der Waals surface area (Å²) >= 11 is 6.37. The molecule has 0 spiro atoms. The number of nitriles is 1. The molecule has 4 aromatic heterocycles. The minimum absolute atomic E-state index is 0.228. The van der Waals surface area contributed by atoms with E-state index in [4.69, 9.17) is 21.6 Å². The maximum absolute atomic E-state index is 13.3. The van der Waals surface area contributed by atoms with Crippen molar-refractivity contribution in [3.63, 3.8) is 0 Å². The first-order valence-corrected chi connectivity index (χ1v) is 11.6. The molecule has 1 fully saturated rings. The number of aliphatic hydroxyl groups excluding tert-OH is 2. The Morgan fingerprint density at radius 2 is 2.19 bits per heavy atom. The zero-order valence-corrected chi connectivity index (χ0v) is 19.9. The fourth-order valence-electron chi connectivity index (χ4n) is 4.41. The molecule has 1 unspecified atom stereocenters. The average molecular weight is 513 g/mol. The number of hydrogen-bond donors (Lipinski definition) is 2. The second kappa shape index (κ2) is 9.69. The molecule has 0 bridgehead atoms. The van der Waals surface area contributed by atoms with Crippen LogP contribution in [-0.4, -0.2) is 70.5 Å². The Balaban J connectivity index is 1.52. The highest BCUT2D eigenvalue weighted by atomic mass is 35.5. The molecule has 0 amide bonds. The summed E-state index contributed by atoms with van der Waals surface area (Å²) in [6, 6.07) is 4.07. The highest BCUT2D eigenvalue weighted by Gasteiger charge is 2.31. The van der Waals surface area contributed by atoms with Crippen LogP contribution in [0.3, 0.4) is 0 Å². The van der Waals surface area contributed by atoms with Gasteiger partial charge >= 0.3 is 0 Å². The molecule has 5 heterocycles. The highest BCUT2D eigenvalue weighted by Crippen LogP contribution is 2.35. The van der Waals surface area contributed by atoms with Gasteiger partial charge in [0.15, 0.2) is 12.3 Å². The first-order chi connectivity index (χ1) is 17.4. The molecule has 1 aliphatic heterocycles. The number of halogens is 2. The summed E-state index contributed by atoms with van der Waals surface area (Å²) in [5, 5.41) is 42.9. The van der Waals surface area contributed by atoms with Crippen LogP contribution in [-0.2, 0) is 0 Å². The number of rotatable bonds is 6. The molecule has 186 valence electrons. The molecule has 2 N–H and O–H groups in total. The zero-order chi connectivity index (χ0) is 25.4. The second-order valence-electron chi connectivity index (χ2n) is 8.51. The van der Waals surface area contributed by atoms with Crippen molar-refractivity contribution in [2.75, 3.05) is 19.7 Å². The van der Waals surface area contributed by atoms with Gasteiger partial charge in [-0.3, -0.25) is 4.98 Å². The number of fused-ring (bicyclic) bond motifs is 1. The van der Waals surface area contributed by atoms with E-state index in [0.29, 0.717) is 51.9 Å². The van der Waals surface area contributed by atoms with Gasteiger partial charge in [-0.25, -0.2) is 13.6 Å². The van der Waals surface area contributed by atoms with Crippen molar-refractivity contribution >= 4 is 17.1 Å². The van der Waals surface area contributed by atoms with Crippen molar-refractivity contribution in [2.24, 2.45) is 0 Å². The van der Waals surface area contributed by atoms with Crippen molar-refractivity contribution in [3.05, 3.63) is 59.0 Å². The number of ether oxygens (including phenoxy) is 1. The molecular formula is C23H22ClFN8O3. The number of aromatic nitrogens is 6. The van der Waals surface area contributed by atoms with Gasteiger partial charge in [0.25, 0.3) is 0 Å². The van der Waals surface area contributed by atoms with Gasteiger partial charge in [-0.15, -0.1) is 5.10 Å². The number of piperidine rings is 1. The van der Waals surface area contributed by atoms with Gasteiger partial charge in [0.1, 0.15) is 22.8 Å². The van der Waals surface area contributed by atoms with E-state index in [9.17, 15) is 14.6 Å². The van der Waals surface area contributed by atoms with Crippen molar-refractivity contribution in [2.45, 2.75) is 31.6 Å². The molecule has 1 saturated heterocycles. The van der Waals surface area contributed by atoms with Crippen LogP contribution in [0.25, 0.3) is 16.8 Å². The fourth-order valence-corrected chi connectivity index (χ4v) is 4.63. The monoisotopic (exact) mass is 512 g/mol. The SMILES string of the molecule is Cc1c(-c2cc(OC(CO)c3ccc(F)cn3)c3c(Cl)cnn3c2)nnn1[C@@H]1CCN(C#N)C[C@@H]1O. The van der Waals surface area contributed by atoms with Crippen molar-refractivity contribution in [3.8, 4) is 23.2 Å². The number of β-amino-alcohol motifs (C(OH)–C–C–N with tert-alkyl or cyclic N) is 1. The van der Waals surface area contributed by atoms with Crippen LogP contribution in [0.2, 0.25) is 5.02 Å². The van der Waals surface area contributed by atoms with Crippen molar-refractivity contribution in [1.82, 2.24) is 34.5 Å². The van der Waals surface area contributed by atoms with Crippen molar-refractivity contribution < 1.29 is 19.3 Å². The summed E-state index contributed by atoms with van der Waals surface area (Å²) in [6.07, 6.45) is 5.21. The van der Waals surface area contributed by atoms with Crippen LogP contribution in [0.15, 0.2) is 36.8 Å². The van der Waals surface area contributed by atoms with Crippen LogP contribution in [0, 0.1) is 24.2 Å². The van der Waals surface area contributed by atoms with Gasteiger partial charge < -0.3 is 19.8 Å². The lowest BCUT2D eigenvalue weighted by Gasteiger charge is -2.33. The van der Waals surface area contributed by atoms with Crippen LogP contribution in [0.5, 0.6) is 5.75 Å². The molecule has 3 atom stereocenters. The van der Waals surface area contributed by atoms with Gasteiger partial charge in [0.2, 0.25) is 0 Å². The van der Waals surface area contributed by atoms with E-state index in [1.54, 1.807) is 16.9 Å². The predicted molar refractivity (Wildman–Crippen MR) is 125 cm³/mol. The lowest BCUT2D eigenvalue weighted by molar-refractivity contribution is 0.0419. The third-order valence-electron chi connectivity index (χ3n) is 6.25. The quantitative estimate of drug-likeness (QED) is 0.372. The highest BCUT2D eigenvalue weighted by molar-refractivity contribution is 6.34. The normalized spacial score (nSPS) is 18.8. The molecule has 0 saturated carbocycles. The number of nitrogens with zero attached hydrogens (tertiary/aromatic N) is 8. The van der Waals surface area contributed by atoms with Crippen LogP contribution < -0.4 is 4.74 Å². The van der Waals surface area contributed by atoms with E-state index >= 15 is 0 Å². The van der Waals surface area contributed by atoms with Gasteiger partial charge in [-0.05, 0) is 31.5 Å². The first-order valence-electron chi connectivity index (χ1n) is 11.2. The summed E-state index contributed by atoms with van der Waals surface area (Å²) < 4.78 is 22.6. The molecular weight excluding hydrogens is 491 g/mol. The summed E-state index contributed by atoms with van der Waals surface area (Å²) in [6.45, 7) is 2.18. The number of likely N-dealkylation sites (tertiary alicyclic amines) is 1. The number of aliphatic hydroxyl groups is 2. The Kier molecular flexibility index (Phi) is 6.44. The number of hydrogen-bond acceptors (Lipinski definition) is 9. The summed E-state index contributed by atoms with van der Waals surface area (Å²) in [5.74, 6) is -0.183. The third-order valence-corrected chi connectivity index (χ3v) is 6.53. The first kappa shape index (κ1) is 23.9.